The van der Waals surface area contributed by atoms with Crippen LogP contribution >= 0.6 is 0 Å². The van der Waals surface area contributed by atoms with Crippen molar-refractivity contribution in [2.24, 2.45) is 0 Å². The van der Waals surface area contributed by atoms with E-state index in [1.165, 1.54) is 0 Å². The minimum absolute atomic E-state index is 0.0106. The van der Waals surface area contributed by atoms with E-state index in [0.717, 1.165) is 11.3 Å². The van der Waals surface area contributed by atoms with Crippen molar-refractivity contribution >= 4 is 17.5 Å². The standard InChI is InChI=1S/C17H26N2O2/c1-6-18(16-9-7-8-14(4)12-16)17(21)10-11-19(13(2)3)15(5)20/h7-9,12-13H,6,10-11H2,1-5H3. The second kappa shape index (κ2) is 7.81. The molecule has 0 aliphatic heterocycles. The minimum Gasteiger partial charge on any atom is -0.340 e. The van der Waals surface area contributed by atoms with E-state index in [1.807, 2.05) is 52.0 Å². The summed E-state index contributed by atoms with van der Waals surface area (Å²) in [5.41, 5.74) is 2.05. The molecule has 0 fully saturated rings. The number of rotatable bonds is 6. The first-order valence-corrected chi connectivity index (χ1v) is 7.51. The van der Waals surface area contributed by atoms with E-state index in [4.69, 9.17) is 0 Å². The molecule has 0 radical (unpaired) electrons. The van der Waals surface area contributed by atoms with Crippen LogP contribution in [0.3, 0.4) is 0 Å². The Bertz CT molecular complexity index is 497. The molecule has 0 aromatic heterocycles. The fourth-order valence-electron chi connectivity index (χ4n) is 2.43. The van der Waals surface area contributed by atoms with Crippen LogP contribution < -0.4 is 4.90 Å². The first-order chi connectivity index (χ1) is 9.86. The summed E-state index contributed by atoms with van der Waals surface area (Å²) in [5.74, 6) is 0.0615. The molecule has 2 amide bonds. The number of hydrogen-bond donors (Lipinski definition) is 0. The number of nitrogens with zero attached hydrogens (tertiary/aromatic N) is 2. The van der Waals surface area contributed by atoms with Crippen LogP contribution in [0.4, 0.5) is 5.69 Å². The zero-order chi connectivity index (χ0) is 16.0. The monoisotopic (exact) mass is 290 g/mol. The number of carbonyl (C=O) groups excluding carboxylic acids is 2. The summed E-state index contributed by atoms with van der Waals surface area (Å²) in [6.45, 7) is 10.5. The van der Waals surface area contributed by atoms with Gasteiger partial charge in [0.25, 0.3) is 0 Å². The predicted molar refractivity (Wildman–Crippen MR) is 86.3 cm³/mol. The highest BCUT2D eigenvalue weighted by atomic mass is 16.2. The summed E-state index contributed by atoms with van der Waals surface area (Å²) in [6.07, 6.45) is 0.347. The Morgan fingerprint density at radius 2 is 1.90 bits per heavy atom. The number of amides is 2. The SMILES string of the molecule is CCN(C(=O)CCN(C(C)=O)C(C)C)c1cccc(C)c1. The van der Waals surface area contributed by atoms with Gasteiger partial charge in [0.1, 0.15) is 0 Å². The lowest BCUT2D eigenvalue weighted by atomic mass is 10.2. The summed E-state index contributed by atoms with van der Waals surface area (Å²) in [6, 6.07) is 8.03. The van der Waals surface area contributed by atoms with Crippen LogP contribution in [0.15, 0.2) is 24.3 Å². The Morgan fingerprint density at radius 1 is 1.24 bits per heavy atom. The topological polar surface area (TPSA) is 40.6 Å². The lowest BCUT2D eigenvalue weighted by Crippen LogP contribution is -2.39. The Labute approximate surface area is 127 Å². The van der Waals surface area contributed by atoms with Crippen molar-refractivity contribution < 1.29 is 9.59 Å². The Kier molecular flexibility index (Phi) is 6.40. The van der Waals surface area contributed by atoms with Gasteiger partial charge in [-0.1, -0.05) is 12.1 Å². The van der Waals surface area contributed by atoms with E-state index in [1.54, 1.807) is 16.7 Å². The summed E-state index contributed by atoms with van der Waals surface area (Å²) < 4.78 is 0. The van der Waals surface area contributed by atoms with Gasteiger partial charge in [0.15, 0.2) is 0 Å². The highest BCUT2D eigenvalue weighted by molar-refractivity contribution is 5.93. The Balaban J connectivity index is 2.74. The van der Waals surface area contributed by atoms with E-state index in [9.17, 15) is 9.59 Å². The van der Waals surface area contributed by atoms with E-state index >= 15 is 0 Å². The number of carbonyl (C=O) groups is 2. The Morgan fingerprint density at radius 3 is 2.38 bits per heavy atom. The van der Waals surface area contributed by atoms with E-state index in [-0.39, 0.29) is 17.9 Å². The van der Waals surface area contributed by atoms with Crippen molar-refractivity contribution in [1.29, 1.82) is 0 Å². The second-order valence-corrected chi connectivity index (χ2v) is 5.53. The number of anilines is 1. The van der Waals surface area contributed by atoms with Crippen LogP contribution in [0.2, 0.25) is 0 Å². The van der Waals surface area contributed by atoms with Crippen molar-refractivity contribution in [2.45, 2.75) is 47.1 Å². The van der Waals surface area contributed by atoms with Gasteiger partial charge in [-0.3, -0.25) is 9.59 Å². The normalized spacial score (nSPS) is 10.6. The smallest absolute Gasteiger partial charge is 0.228 e. The molecule has 0 aliphatic rings. The summed E-state index contributed by atoms with van der Waals surface area (Å²) >= 11 is 0. The van der Waals surface area contributed by atoms with Crippen LogP contribution in [-0.2, 0) is 9.59 Å². The van der Waals surface area contributed by atoms with E-state index in [2.05, 4.69) is 0 Å². The van der Waals surface area contributed by atoms with Gasteiger partial charge in [0.2, 0.25) is 11.8 Å². The molecule has 1 rings (SSSR count). The van der Waals surface area contributed by atoms with Crippen molar-refractivity contribution in [3.05, 3.63) is 29.8 Å². The molecular weight excluding hydrogens is 264 g/mol. The lowest BCUT2D eigenvalue weighted by Gasteiger charge is -2.27. The van der Waals surface area contributed by atoms with Crippen molar-refractivity contribution in [3.8, 4) is 0 Å². The molecule has 0 saturated heterocycles. The van der Waals surface area contributed by atoms with Gasteiger partial charge in [-0.05, 0) is 45.4 Å². The first-order valence-electron chi connectivity index (χ1n) is 7.51. The predicted octanol–water partition coefficient (Wildman–Crippen LogP) is 2.99. The number of benzene rings is 1. The molecule has 4 heteroatoms. The zero-order valence-electron chi connectivity index (χ0n) is 13.7. The summed E-state index contributed by atoms with van der Waals surface area (Å²) in [7, 11) is 0. The maximum Gasteiger partial charge on any atom is 0.228 e. The molecule has 4 nitrogen and oxygen atoms in total. The maximum absolute atomic E-state index is 12.4. The van der Waals surface area contributed by atoms with Crippen LogP contribution in [0, 0.1) is 6.92 Å². The highest BCUT2D eigenvalue weighted by Gasteiger charge is 2.18. The summed E-state index contributed by atoms with van der Waals surface area (Å²) in [4.78, 5) is 27.5. The highest BCUT2D eigenvalue weighted by Crippen LogP contribution is 2.17. The molecule has 1 aromatic carbocycles. The van der Waals surface area contributed by atoms with Crippen LogP contribution in [0.5, 0.6) is 0 Å². The molecule has 1 aromatic rings. The molecule has 0 atom stereocenters. The van der Waals surface area contributed by atoms with Gasteiger partial charge in [-0.25, -0.2) is 0 Å². The van der Waals surface area contributed by atoms with E-state index < -0.39 is 0 Å². The number of hydrogen-bond acceptors (Lipinski definition) is 2. The molecule has 0 bridgehead atoms. The third-order valence-electron chi connectivity index (χ3n) is 3.52. The average Bonchev–Trinajstić information content (AvgIpc) is 2.39. The van der Waals surface area contributed by atoms with Gasteiger partial charge in [0, 0.05) is 38.2 Å². The molecule has 0 N–H and O–H groups in total. The molecule has 0 unspecified atom stereocenters. The Hall–Kier alpha value is -1.84. The zero-order valence-corrected chi connectivity index (χ0v) is 13.7. The van der Waals surface area contributed by atoms with Gasteiger partial charge < -0.3 is 9.80 Å². The quantitative estimate of drug-likeness (QED) is 0.808. The van der Waals surface area contributed by atoms with Gasteiger partial charge in [0.05, 0.1) is 0 Å². The second-order valence-electron chi connectivity index (χ2n) is 5.53. The van der Waals surface area contributed by atoms with E-state index in [0.29, 0.717) is 19.5 Å². The molecule has 0 spiro atoms. The van der Waals surface area contributed by atoms with Crippen molar-refractivity contribution in [3.63, 3.8) is 0 Å². The molecule has 21 heavy (non-hydrogen) atoms. The van der Waals surface area contributed by atoms with Gasteiger partial charge in [-0.15, -0.1) is 0 Å². The fourth-order valence-corrected chi connectivity index (χ4v) is 2.43. The molecule has 0 saturated carbocycles. The molecule has 0 aliphatic carbocycles. The number of aryl methyl sites for hydroxylation is 1. The van der Waals surface area contributed by atoms with Gasteiger partial charge >= 0.3 is 0 Å². The van der Waals surface area contributed by atoms with Gasteiger partial charge in [-0.2, -0.15) is 0 Å². The van der Waals surface area contributed by atoms with Crippen molar-refractivity contribution in [1.82, 2.24) is 4.90 Å². The minimum atomic E-state index is 0.0106. The van der Waals surface area contributed by atoms with Crippen LogP contribution in [0.25, 0.3) is 0 Å². The molecular formula is C17H26N2O2. The van der Waals surface area contributed by atoms with Crippen LogP contribution in [0.1, 0.15) is 39.7 Å². The molecule has 116 valence electrons. The lowest BCUT2D eigenvalue weighted by molar-refractivity contribution is -0.131. The van der Waals surface area contributed by atoms with Crippen molar-refractivity contribution in [2.75, 3.05) is 18.0 Å². The molecule has 0 heterocycles. The summed E-state index contributed by atoms with van der Waals surface area (Å²) in [5, 5.41) is 0. The third kappa shape index (κ3) is 4.88. The van der Waals surface area contributed by atoms with Crippen LogP contribution in [-0.4, -0.2) is 35.8 Å². The largest absolute Gasteiger partial charge is 0.340 e. The average molecular weight is 290 g/mol. The first kappa shape index (κ1) is 17.2. The fraction of sp³-hybridized carbons (Fsp3) is 0.529. The third-order valence-corrected chi connectivity index (χ3v) is 3.52. The maximum atomic E-state index is 12.4.